The average molecular weight is 402 g/mol. The Labute approximate surface area is 172 Å². The van der Waals surface area contributed by atoms with Crippen molar-refractivity contribution in [1.82, 2.24) is 16.0 Å². The van der Waals surface area contributed by atoms with Gasteiger partial charge < -0.3 is 10.6 Å². The fourth-order valence-corrected chi connectivity index (χ4v) is 6.32. The minimum Gasteiger partial charge on any atom is -0.332 e. The van der Waals surface area contributed by atoms with Gasteiger partial charge in [-0.2, -0.15) is 0 Å². The van der Waals surface area contributed by atoms with E-state index in [9.17, 15) is 14.0 Å². The van der Waals surface area contributed by atoms with Gasteiger partial charge in [0.05, 0.1) is 6.54 Å². The summed E-state index contributed by atoms with van der Waals surface area (Å²) in [7, 11) is 0. The Hall–Kier alpha value is -1.95. The third-order valence-corrected chi connectivity index (χ3v) is 7.05. The maximum atomic E-state index is 13.2. The monoisotopic (exact) mass is 401 g/mol. The normalized spacial score (nSPS) is 31.0. The summed E-state index contributed by atoms with van der Waals surface area (Å²) < 4.78 is 13.2. The average Bonchev–Trinajstić information content (AvgIpc) is 2.61. The molecule has 0 heterocycles. The quantitative estimate of drug-likeness (QED) is 0.677. The molecule has 29 heavy (non-hydrogen) atoms. The van der Waals surface area contributed by atoms with Crippen LogP contribution in [0.25, 0.3) is 0 Å². The van der Waals surface area contributed by atoms with Crippen LogP contribution in [0.4, 0.5) is 9.18 Å². The summed E-state index contributed by atoms with van der Waals surface area (Å²) in [4.78, 5) is 24.9. The van der Waals surface area contributed by atoms with Crippen LogP contribution in [-0.2, 0) is 4.79 Å². The second-order valence-electron chi connectivity index (χ2n) is 9.85. The Balaban J connectivity index is 1.29. The van der Waals surface area contributed by atoms with Gasteiger partial charge in [-0.25, -0.2) is 9.18 Å². The highest BCUT2D eigenvalue weighted by atomic mass is 19.1. The number of carbonyl (C=O) groups excluding carboxylic acids is 2. The molecule has 0 aromatic heterocycles. The summed E-state index contributed by atoms with van der Waals surface area (Å²) in [5.41, 5.74) is 0.813. The first-order chi connectivity index (χ1) is 13.8. The van der Waals surface area contributed by atoms with E-state index < -0.39 is 0 Å². The number of hydrogen-bond acceptors (Lipinski definition) is 3. The molecule has 0 radical (unpaired) electrons. The van der Waals surface area contributed by atoms with Crippen LogP contribution in [0.1, 0.15) is 64.0 Å². The van der Waals surface area contributed by atoms with Gasteiger partial charge in [-0.1, -0.05) is 26.0 Å². The van der Waals surface area contributed by atoms with Crippen LogP contribution in [0.2, 0.25) is 0 Å². The van der Waals surface area contributed by atoms with E-state index in [1.165, 1.54) is 31.4 Å². The van der Waals surface area contributed by atoms with E-state index in [4.69, 9.17) is 0 Å². The van der Waals surface area contributed by atoms with Gasteiger partial charge in [0.1, 0.15) is 5.82 Å². The smallest absolute Gasteiger partial charge is 0.321 e. The van der Waals surface area contributed by atoms with E-state index in [2.05, 4.69) is 16.0 Å². The lowest BCUT2D eigenvalue weighted by molar-refractivity contribution is -0.119. The SMILES string of the molecule is CC(C)[C@H](NCC(=O)NC(=O)NC12CC3CC(CC(C3)C1)C2)c1ccc(F)cc1. The van der Waals surface area contributed by atoms with Crippen LogP contribution in [0, 0.1) is 29.5 Å². The third kappa shape index (κ3) is 4.63. The molecule has 4 saturated carbocycles. The van der Waals surface area contributed by atoms with Crippen molar-refractivity contribution in [2.75, 3.05) is 6.54 Å². The molecule has 4 aliphatic carbocycles. The summed E-state index contributed by atoms with van der Waals surface area (Å²) in [6.45, 7) is 4.12. The van der Waals surface area contributed by atoms with Gasteiger partial charge in [0, 0.05) is 11.6 Å². The molecule has 1 aromatic rings. The number of benzene rings is 1. The molecule has 0 saturated heterocycles. The zero-order valence-corrected chi connectivity index (χ0v) is 17.3. The Morgan fingerprint density at radius 1 is 1.03 bits per heavy atom. The maximum absolute atomic E-state index is 13.2. The van der Waals surface area contributed by atoms with E-state index in [0.717, 1.165) is 42.6 Å². The number of imide groups is 1. The predicted octanol–water partition coefficient (Wildman–Crippen LogP) is 3.91. The number of hydrogen-bond donors (Lipinski definition) is 3. The highest BCUT2D eigenvalue weighted by Crippen LogP contribution is 2.55. The van der Waals surface area contributed by atoms with Gasteiger partial charge in [-0.15, -0.1) is 0 Å². The molecular weight excluding hydrogens is 369 g/mol. The molecule has 0 aliphatic heterocycles. The second kappa shape index (κ2) is 8.05. The standard InChI is InChI=1S/C23H32FN3O2/c1-14(2)21(18-3-5-19(24)6-4-18)25-13-20(28)26-22(29)27-23-10-15-7-16(11-23)9-17(8-15)12-23/h3-6,14-17,21,25H,7-13H2,1-2H3,(H2,26,27,28,29)/t15?,16?,17?,21-,23?/m0/s1. The van der Waals surface area contributed by atoms with Crippen LogP contribution in [-0.4, -0.2) is 24.0 Å². The van der Waals surface area contributed by atoms with Crippen LogP contribution >= 0.6 is 0 Å². The van der Waals surface area contributed by atoms with Crippen molar-refractivity contribution in [3.05, 3.63) is 35.6 Å². The van der Waals surface area contributed by atoms with Gasteiger partial charge in [0.25, 0.3) is 0 Å². The molecule has 5 rings (SSSR count). The zero-order chi connectivity index (χ0) is 20.6. The van der Waals surface area contributed by atoms with Crippen molar-refractivity contribution < 1.29 is 14.0 Å². The molecule has 0 spiro atoms. The van der Waals surface area contributed by atoms with Gasteiger partial charge in [-0.3, -0.25) is 10.1 Å². The van der Waals surface area contributed by atoms with Crippen molar-refractivity contribution in [2.24, 2.45) is 23.7 Å². The van der Waals surface area contributed by atoms with Gasteiger partial charge in [-0.05, 0) is 79.9 Å². The van der Waals surface area contributed by atoms with E-state index >= 15 is 0 Å². The first-order valence-corrected chi connectivity index (χ1v) is 10.9. The Bertz CT molecular complexity index is 727. The van der Waals surface area contributed by atoms with Crippen molar-refractivity contribution in [3.8, 4) is 0 Å². The van der Waals surface area contributed by atoms with E-state index in [1.54, 1.807) is 12.1 Å². The number of nitrogens with one attached hydrogen (secondary N) is 3. The van der Waals surface area contributed by atoms with Crippen molar-refractivity contribution >= 4 is 11.9 Å². The molecule has 1 atom stereocenters. The molecule has 4 fully saturated rings. The van der Waals surface area contributed by atoms with Crippen molar-refractivity contribution in [1.29, 1.82) is 0 Å². The minimum absolute atomic E-state index is 0.0362. The highest BCUT2D eigenvalue weighted by Gasteiger charge is 2.51. The van der Waals surface area contributed by atoms with Crippen LogP contribution in [0.15, 0.2) is 24.3 Å². The Kier molecular flexibility index (Phi) is 5.65. The molecule has 6 heteroatoms. The summed E-state index contributed by atoms with van der Waals surface area (Å²) in [6, 6.07) is 5.83. The first kappa shape index (κ1) is 20.3. The van der Waals surface area contributed by atoms with Gasteiger partial charge in [0.15, 0.2) is 0 Å². The van der Waals surface area contributed by atoms with Crippen molar-refractivity contribution in [3.63, 3.8) is 0 Å². The number of halogens is 1. The lowest BCUT2D eigenvalue weighted by Crippen LogP contribution is -2.62. The molecular formula is C23H32FN3O2. The van der Waals surface area contributed by atoms with E-state index in [0.29, 0.717) is 0 Å². The third-order valence-electron chi connectivity index (χ3n) is 7.05. The molecule has 3 N–H and O–H groups in total. The van der Waals surface area contributed by atoms with Gasteiger partial charge >= 0.3 is 6.03 Å². The second-order valence-corrected chi connectivity index (χ2v) is 9.85. The maximum Gasteiger partial charge on any atom is 0.321 e. The molecule has 3 amide bonds. The number of urea groups is 1. The predicted molar refractivity (Wildman–Crippen MR) is 110 cm³/mol. The first-order valence-electron chi connectivity index (χ1n) is 10.9. The highest BCUT2D eigenvalue weighted by molar-refractivity contribution is 5.95. The number of rotatable bonds is 6. The van der Waals surface area contributed by atoms with Crippen molar-refractivity contribution in [2.45, 2.75) is 64.0 Å². The lowest BCUT2D eigenvalue weighted by atomic mass is 9.53. The summed E-state index contributed by atoms with van der Waals surface area (Å²) in [6.07, 6.45) is 7.10. The lowest BCUT2D eigenvalue weighted by Gasteiger charge is -2.56. The molecule has 0 unspecified atom stereocenters. The van der Waals surface area contributed by atoms with Crippen LogP contribution in [0.5, 0.6) is 0 Å². The Morgan fingerprint density at radius 3 is 2.10 bits per heavy atom. The topological polar surface area (TPSA) is 70.2 Å². The van der Waals surface area contributed by atoms with E-state index in [1.807, 2.05) is 13.8 Å². The zero-order valence-electron chi connectivity index (χ0n) is 17.3. The molecule has 5 nitrogen and oxygen atoms in total. The van der Waals surface area contributed by atoms with E-state index in [-0.39, 0.29) is 41.8 Å². The fourth-order valence-electron chi connectivity index (χ4n) is 6.32. The molecule has 4 aliphatic rings. The van der Waals surface area contributed by atoms with Crippen LogP contribution in [0.3, 0.4) is 0 Å². The Morgan fingerprint density at radius 2 is 1.59 bits per heavy atom. The molecule has 4 bridgehead atoms. The van der Waals surface area contributed by atoms with Gasteiger partial charge in [0.2, 0.25) is 5.91 Å². The minimum atomic E-state index is -0.373. The molecule has 158 valence electrons. The number of carbonyl (C=O) groups is 2. The fraction of sp³-hybridized carbons (Fsp3) is 0.652. The van der Waals surface area contributed by atoms with Crippen LogP contribution < -0.4 is 16.0 Å². The summed E-state index contributed by atoms with van der Waals surface area (Å²) in [5, 5.41) is 8.87. The molecule has 1 aromatic carbocycles. The summed E-state index contributed by atoms with van der Waals surface area (Å²) >= 11 is 0. The summed E-state index contributed by atoms with van der Waals surface area (Å²) in [5.74, 6) is 1.80. The largest absolute Gasteiger partial charge is 0.332 e. The number of amides is 3.